The molecule has 2 amide bonds. The molecule has 1 aromatic rings. The molecule has 6 nitrogen and oxygen atoms in total. The van der Waals surface area contributed by atoms with Crippen LogP contribution in [0.1, 0.15) is 46.6 Å². The van der Waals surface area contributed by atoms with Crippen LogP contribution >= 0.6 is 0 Å². The minimum absolute atomic E-state index is 0.138. The van der Waals surface area contributed by atoms with Gasteiger partial charge in [0.2, 0.25) is 0 Å². The number of nitrogens with one attached hydrogen (secondary N) is 1. The Balaban J connectivity index is 1.96. The zero-order valence-electron chi connectivity index (χ0n) is 16.4. The van der Waals surface area contributed by atoms with Gasteiger partial charge < -0.3 is 19.7 Å². The van der Waals surface area contributed by atoms with Crippen LogP contribution in [-0.2, 0) is 16.1 Å². The summed E-state index contributed by atoms with van der Waals surface area (Å²) < 4.78 is 10.8. The molecular formula is C20H30N2O4. The lowest BCUT2D eigenvalue weighted by Crippen LogP contribution is -2.53. The molecule has 0 radical (unpaired) electrons. The number of amides is 2. The topological polar surface area (TPSA) is 67.9 Å². The van der Waals surface area contributed by atoms with Crippen molar-refractivity contribution in [2.75, 3.05) is 13.1 Å². The first-order valence-electron chi connectivity index (χ1n) is 9.10. The van der Waals surface area contributed by atoms with E-state index < -0.39 is 17.2 Å². The maximum absolute atomic E-state index is 12.4. The summed E-state index contributed by atoms with van der Waals surface area (Å²) in [5.41, 5.74) is -0.153. The molecule has 1 N–H and O–H groups in total. The van der Waals surface area contributed by atoms with E-state index in [4.69, 9.17) is 9.47 Å². The van der Waals surface area contributed by atoms with Crippen molar-refractivity contribution in [2.24, 2.45) is 5.92 Å². The van der Waals surface area contributed by atoms with Crippen LogP contribution in [0.5, 0.6) is 0 Å². The number of ether oxygens (including phenoxy) is 2. The molecule has 0 saturated carbocycles. The second-order valence-electron chi connectivity index (χ2n) is 8.07. The number of hydrogen-bond donors (Lipinski definition) is 1. The summed E-state index contributed by atoms with van der Waals surface area (Å²) >= 11 is 0. The monoisotopic (exact) mass is 362 g/mol. The van der Waals surface area contributed by atoms with Crippen LogP contribution < -0.4 is 5.32 Å². The Hall–Kier alpha value is -2.24. The van der Waals surface area contributed by atoms with E-state index in [1.165, 1.54) is 0 Å². The first-order chi connectivity index (χ1) is 12.1. The molecule has 6 heteroatoms. The minimum Gasteiger partial charge on any atom is -0.445 e. The number of carbonyl (C=O) groups is 2. The van der Waals surface area contributed by atoms with Gasteiger partial charge in [-0.3, -0.25) is 0 Å². The third-order valence-corrected chi connectivity index (χ3v) is 4.60. The molecule has 0 spiro atoms. The quantitative estimate of drug-likeness (QED) is 0.881. The molecule has 1 aliphatic rings. The summed E-state index contributed by atoms with van der Waals surface area (Å²) in [6, 6.07) is 9.58. The molecule has 1 aromatic carbocycles. The van der Waals surface area contributed by atoms with E-state index in [2.05, 4.69) is 12.2 Å². The highest BCUT2D eigenvalue weighted by molar-refractivity contribution is 5.71. The van der Waals surface area contributed by atoms with E-state index >= 15 is 0 Å². The van der Waals surface area contributed by atoms with Gasteiger partial charge in [0, 0.05) is 19.0 Å². The van der Waals surface area contributed by atoms with Crippen molar-refractivity contribution in [3.8, 4) is 0 Å². The van der Waals surface area contributed by atoms with Gasteiger partial charge in [0.05, 0.1) is 5.54 Å². The Morgan fingerprint density at radius 1 is 1.27 bits per heavy atom. The van der Waals surface area contributed by atoms with Crippen LogP contribution in [0.25, 0.3) is 0 Å². The van der Waals surface area contributed by atoms with E-state index in [9.17, 15) is 9.59 Å². The maximum atomic E-state index is 12.4. The smallest absolute Gasteiger partial charge is 0.410 e. The molecule has 2 rings (SSSR count). The second kappa shape index (κ2) is 7.98. The third-order valence-electron chi connectivity index (χ3n) is 4.60. The summed E-state index contributed by atoms with van der Waals surface area (Å²) in [5.74, 6) is 0.138. The summed E-state index contributed by atoms with van der Waals surface area (Å²) in [5, 5.41) is 2.96. The van der Waals surface area contributed by atoms with Crippen molar-refractivity contribution in [2.45, 2.75) is 58.8 Å². The van der Waals surface area contributed by atoms with Crippen LogP contribution in [0.2, 0.25) is 0 Å². The molecule has 1 saturated heterocycles. The van der Waals surface area contributed by atoms with Crippen LogP contribution in [0, 0.1) is 5.92 Å². The number of rotatable bonds is 4. The second-order valence-corrected chi connectivity index (χ2v) is 8.07. The predicted molar refractivity (Wildman–Crippen MR) is 99.8 cm³/mol. The number of likely N-dealkylation sites (tertiary alicyclic amines) is 1. The van der Waals surface area contributed by atoms with Crippen LogP contribution in [0.3, 0.4) is 0 Å². The van der Waals surface area contributed by atoms with Crippen molar-refractivity contribution in [3.05, 3.63) is 35.9 Å². The summed E-state index contributed by atoms with van der Waals surface area (Å²) in [4.78, 5) is 26.3. The average molecular weight is 362 g/mol. The summed E-state index contributed by atoms with van der Waals surface area (Å²) in [6.07, 6.45) is 0.0226. The number of nitrogens with zero attached hydrogens (tertiary/aromatic N) is 1. The summed E-state index contributed by atoms with van der Waals surface area (Å²) in [6.45, 7) is 10.7. The summed E-state index contributed by atoms with van der Waals surface area (Å²) in [7, 11) is 0. The molecule has 1 fully saturated rings. The molecule has 0 aliphatic carbocycles. The third kappa shape index (κ3) is 5.38. The van der Waals surface area contributed by atoms with Gasteiger partial charge in [-0.25, -0.2) is 9.59 Å². The van der Waals surface area contributed by atoms with Gasteiger partial charge in [0.25, 0.3) is 0 Å². The van der Waals surface area contributed by atoms with E-state index in [-0.39, 0.29) is 18.6 Å². The van der Waals surface area contributed by atoms with Crippen molar-refractivity contribution >= 4 is 12.2 Å². The van der Waals surface area contributed by atoms with E-state index in [1.807, 2.05) is 58.0 Å². The highest BCUT2D eigenvalue weighted by Gasteiger charge is 2.45. The fraction of sp³-hybridized carbons (Fsp3) is 0.600. The Labute approximate surface area is 155 Å². The number of alkyl carbamates (subject to hydrolysis) is 1. The SMILES string of the molecule is CCC1CN(C(=O)OCc2ccccc2)CC1(C)NC(=O)OC(C)(C)C. The number of benzene rings is 1. The van der Waals surface area contributed by atoms with E-state index in [0.717, 1.165) is 12.0 Å². The minimum atomic E-state index is -0.560. The van der Waals surface area contributed by atoms with Crippen LogP contribution in [0.15, 0.2) is 30.3 Å². The lowest BCUT2D eigenvalue weighted by atomic mass is 9.87. The molecule has 144 valence electrons. The first-order valence-corrected chi connectivity index (χ1v) is 9.10. The zero-order valence-corrected chi connectivity index (χ0v) is 16.4. The average Bonchev–Trinajstić information content (AvgIpc) is 2.88. The van der Waals surface area contributed by atoms with Crippen molar-refractivity contribution in [1.82, 2.24) is 10.2 Å². The van der Waals surface area contributed by atoms with Crippen molar-refractivity contribution in [1.29, 1.82) is 0 Å². The lowest BCUT2D eigenvalue weighted by molar-refractivity contribution is 0.0440. The Kier molecular flexibility index (Phi) is 6.16. The fourth-order valence-corrected chi connectivity index (χ4v) is 3.27. The van der Waals surface area contributed by atoms with Crippen molar-refractivity contribution < 1.29 is 19.1 Å². The van der Waals surface area contributed by atoms with E-state index in [1.54, 1.807) is 4.90 Å². The van der Waals surface area contributed by atoms with Crippen LogP contribution in [-0.4, -0.2) is 41.3 Å². The van der Waals surface area contributed by atoms with E-state index in [0.29, 0.717) is 13.1 Å². The number of carbonyl (C=O) groups excluding carboxylic acids is 2. The molecule has 0 aromatic heterocycles. The standard InChI is InChI=1S/C20H30N2O4/c1-6-16-12-22(18(24)25-13-15-10-8-7-9-11-15)14-20(16,5)21-17(23)26-19(2,3)4/h7-11,16H,6,12-14H2,1-5H3,(H,21,23). The Bertz CT molecular complexity index is 626. The fourth-order valence-electron chi connectivity index (χ4n) is 3.27. The van der Waals surface area contributed by atoms with Crippen LogP contribution in [0.4, 0.5) is 9.59 Å². The molecule has 1 aliphatic heterocycles. The van der Waals surface area contributed by atoms with Gasteiger partial charge >= 0.3 is 12.2 Å². The lowest BCUT2D eigenvalue weighted by Gasteiger charge is -2.32. The molecule has 1 heterocycles. The molecular weight excluding hydrogens is 332 g/mol. The highest BCUT2D eigenvalue weighted by Crippen LogP contribution is 2.31. The van der Waals surface area contributed by atoms with Crippen molar-refractivity contribution in [3.63, 3.8) is 0 Å². The maximum Gasteiger partial charge on any atom is 0.410 e. The molecule has 2 atom stereocenters. The molecule has 2 unspecified atom stereocenters. The number of hydrogen-bond acceptors (Lipinski definition) is 4. The predicted octanol–water partition coefficient (Wildman–Crippen LogP) is 3.95. The van der Waals surface area contributed by atoms with Gasteiger partial charge in [0.15, 0.2) is 0 Å². The zero-order chi connectivity index (χ0) is 19.4. The Morgan fingerprint density at radius 2 is 1.92 bits per heavy atom. The van der Waals surface area contributed by atoms with Gasteiger partial charge in [-0.05, 0) is 39.7 Å². The van der Waals surface area contributed by atoms with Gasteiger partial charge in [0.1, 0.15) is 12.2 Å². The first kappa shape index (κ1) is 20.1. The van der Waals surface area contributed by atoms with Gasteiger partial charge in [-0.2, -0.15) is 0 Å². The normalized spacial score (nSPS) is 22.8. The van der Waals surface area contributed by atoms with Gasteiger partial charge in [-0.15, -0.1) is 0 Å². The largest absolute Gasteiger partial charge is 0.445 e. The Morgan fingerprint density at radius 3 is 2.50 bits per heavy atom. The highest BCUT2D eigenvalue weighted by atomic mass is 16.6. The molecule has 0 bridgehead atoms. The molecule has 26 heavy (non-hydrogen) atoms. The van der Waals surface area contributed by atoms with Gasteiger partial charge in [-0.1, -0.05) is 37.3 Å².